The summed E-state index contributed by atoms with van der Waals surface area (Å²) in [6.07, 6.45) is 1.51. The van der Waals surface area contributed by atoms with Crippen LogP contribution in [0.1, 0.15) is 12.8 Å². The standard InChI is InChI=1S/C7H13N3OS.ClH/c8-7(5-12)10-3-1-6(9-11)2-4-10;/h8,11-12H,1-5H2;1H. The summed E-state index contributed by atoms with van der Waals surface area (Å²) in [6.45, 7) is 1.55. The van der Waals surface area contributed by atoms with Gasteiger partial charge in [-0.15, -0.1) is 12.4 Å². The van der Waals surface area contributed by atoms with Crippen LogP contribution in [0.25, 0.3) is 0 Å². The van der Waals surface area contributed by atoms with Crippen molar-refractivity contribution in [2.75, 3.05) is 18.8 Å². The first-order valence-corrected chi connectivity index (χ1v) is 4.54. The monoisotopic (exact) mass is 223 g/mol. The number of amidine groups is 1. The Hall–Kier alpha value is -0.420. The van der Waals surface area contributed by atoms with Crippen LogP contribution in [0, 0.1) is 5.41 Å². The van der Waals surface area contributed by atoms with Gasteiger partial charge in [0.2, 0.25) is 0 Å². The van der Waals surface area contributed by atoms with E-state index < -0.39 is 0 Å². The van der Waals surface area contributed by atoms with Gasteiger partial charge in [0.1, 0.15) is 5.84 Å². The maximum absolute atomic E-state index is 8.47. The molecule has 0 unspecified atom stereocenters. The number of rotatable bonds is 1. The van der Waals surface area contributed by atoms with Crippen molar-refractivity contribution >= 4 is 36.6 Å². The first kappa shape index (κ1) is 12.6. The minimum absolute atomic E-state index is 0. The highest BCUT2D eigenvalue weighted by molar-refractivity contribution is 7.81. The summed E-state index contributed by atoms with van der Waals surface area (Å²) < 4.78 is 0. The van der Waals surface area contributed by atoms with Crippen molar-refractivity contribution in [3.05, 3.63) is 0 Å². The molecule has 1 rings (SSSR count). The summed E-state index contributed by atoms with van der Waals surface area (Å²) in [5.74, 6) is 1.03. The number of thiol groups is 1. The van der Waals surface area contributed by atoms with E-state index in [4.69, 9.17) is 10.6 Å². The minimum atomic E-state index is 0. The summed E-state index contributed by atoms with van der Waals surface area (Å²) >= 11 is 4.03. The molecular formula is C7H14ClN3OS. The molecule has 0 aromatic heterocycles. The van der Waals surface area contributed by atoms with Crippen LogP contribution in [0.4, 0.5) is 0 Å². The van der Waals surface area contributed by atoms with Gasteiger partial charge in [-0.3, -0.25) is 5.41 Å². The average Bonchev–Trinajstić information content (AvgIpc) is 2.17. The number of nitrogens with zero attached hydrogens (tertiary/aromatic N) is 2. The second kappa shape index (κ2) is 6.10. The molecule has 1 saturated heterocycles. The molecule has 0 atom stereocenters. The number of hydrogen-bond acceptors (Lipinski definition) is 4. The summed E-state index contributed by atoms with van der Waals surface area (Å²) in [5.41, 5.74) is 0.832. The summed E-state index contributed by atoms with van der Waals surface area (Å²) in [6, 6.07) is 0. The van der Waals surface area contributed by atoms with E-state index in [0.717, 1.165) is 31.6 Å². The third-order valence-electron chi connectivity index (χ3n) is 2.01. The van der Waals surface area contributed by atoms with E-state index in [9.17, 15) is 0 Å². The van der Waals surface area contributed by atoms with Crippen LogP contribution in [-0.2, 0) is 0 Å². The molecule has 1 heterocycles. The Labute approximate surface area is 89.3 Å². The lowest BCUT2D eigenvalue weighted by atomic mass is 10.1. The van der Waals surface area contributed by atoms with Gasteiger partial charge in [-0.05, 0) is 0 Å². The summed E-state index contributed by atoms with van der Waals surface area (Å²) in [7, 11) is 0. The van der Waals surface area contributed by atoms with Crippen molar-refractivity contribution in [2.45, 2.75) is 12.8 Å². The number of oxime groups is 1. The van der Waals surface area contributed by atoms with Crippen LogP contribution in [0.15, 0.2) is 5.16 Å². The smallest absolute Gasteiger partial charge is 0.106 e. The summed E-state index contributed by atoms with van der Waals surface area (Å²) in [5, 5.41) is 19.1. The van der Waals surface area contributed by atoms with Crippen LogP contribution in [0.2, 0.25) is 0 Å². The normalized spacial score (nSPS) is 16.4. The van der Waals surface area contributed by atoms with E-state index in [2.05, 4.69) is 17.8 Å². The van der Waals surface area contributed by atoms with E-state index in [1.165, 1.54) is 0 Å². The van der Waals surface area contributed by atoms with Gasteiger partial charge >= 0.3 is 0 Å². The van der Waals surface area contributed by atoms with Gasteiger partial charge < -0.3 is 10.1 Å². The molecule has 0 bridgehead atoms. The van der Waals surface area contributed by atoms with Gasteiger partial charge in [0.05, 0.1) is 5.71 Å². The third kappa shape index (κ3) is 3.44. The van der Waals surface area contributed by atoms with Gasteiger partial charge in [-0.1, -0.05) is 5.16 Å². The Balaban J connectivity index is 0.00000144. The largest absolute Gasteiger partial charge is 0.411 e. The fraction of sp³-hybridized carbons (Fsp3) is 0.714. The molecule has 0 amide bonds. The van der Waals surface area contributed by atoms with E-state index >= 15 is 0 Å². The molecule has 0 aromatic carbocycles. The molecule has 1 fully saturated rings. The Kier molecular flexibility index (Phi) is 5.90. The van der Waals surface area contributed by atoms with E-state index in [1.807, 2.05) is 4.90 Å². The number of nitrogens with one attached hydrogen (secondary N) is 1. The first-order valence-electron chi connectivity index (χ1n) is 3.91. The maximum Gasteiger partial charge on any atom is 0.106 e. The Morgan fingerprint density at radius 1 is 1.54 bits per heavy atom. The zero-order chi connectivity index (χ0) is 8.97. The minimum Gasteiger partial charge on any atom is -0.411 e. The molecule has 0 aliphatic carbocycles. The van der Waals surface area contributed by atoms with Crippen LogP contribution in [0.5, 0.6) is 0 Å². The SMILES string of the molecule is Cl.N=C(CS)N1CCC(=NO)CC1. The molecule has 0 saturated carbocycles. The molecule has 13 heavy (non-hydrogen) atoms. The predicted octanol–water partition coefficient (Wildman–Crippen LogP) is 1.24. The highest BCUT2D eigenvalue weighted by Crippen LogP contribution is 2.07. The average molecular weight is 224 g/mol. The fourth-order valence-corrected chi connectivity index (χ4v) is 1.43. The van der Waals surface area contributed by atoms with E-state index in [-0.39, 0.29) is 12.4 Å². The van der Waals surface area contributed by atoms with E-state index in [0.29, 0.717) is 11.6 Å². The Bertz CT molecular complexity index is 200. The number of likely N-dealkylation sites (tertiary alicyclic amines) is 1. The second-order valence-corrected chi connectivity index (χ2v) is 3.07. The Morgan fingerprint density at radius 2 is 2.08 bits per heavy atom. The number of piperidine rings is 1. The molecule has 76 valence electrons. The van der Waals surface area contributed by atoms with Crippen LogP contribution >= 0.6 is 25.0 Å². The van der Waals surface area contributed by atoms with Crippen molar-refractivity contribution in [1.29, 1.82) is 5.41 Å². The molecule has 4 nitrogen and oxygen atoms in total. The molecule has 0 radical (unpaired) electrons. The van der Waals surface area contributed by atoms with Crippen LogP contribution < -0.4 is 0 Å². The Morgan fingerprint density at radius 3 is 2.46 bits per heavy atom. The quantitative estimate of drug-likeness (QED) is 0.206. The zero-order valence-corrected chi connectivity index (χ0v) is 8.94. The zero-order valence-electron chi connectivity index (χ0n) is 7.23. The van der Waals surface area contributed by atoms with Crippen LogP contribution in [-0.4, -0.2) is 40.5 Å². The molecule has 1 aliphatic rings. The molecule has 0 aromatic rings. The van der Waals surface area contributed by atoms with Crippen molar-refractivity contribution in [3.8, 4) is 0 Å². The first-order chi connectivity index (χ1) is 5.77. The molecular weight excluding hydrogens is 210 g/mol. The van der Waals surface area contributed by atoms with Crippen molar-refractivity contribution in [1.82, 2.24) is 4.90 Å². The van der Waals surface area contributed by atoms with Crippen LogP contribution in [0.3, 0.4) is 0 Å². The van der Waals surface area contributed by atoms with Gasteiger partial charge in [-0.25, -0.2) is 0 Å². The lowest BCUT2D eigenvalue weighted by Gasteiger charge is -2.28. The van der Waals surface area contributed by atoms with Gasteiger partial charge in [0.25, 0.3) is 0 Å². The van der Waals surface area contributed by atoms with Crippen molar-refractivity contribution < 1.29 is 5.21 Å². The molecule has 0 spiro atoms. The van der Waals surface area contributed by atoms with Gasteiger partial charge in [0.15, 0.2) is 0 Å². The van der Waals surface area contributed by atoms with Crippen molar-refractivity contribution in [2.24, 2.45) is 5.16 Å². The third-order valence-corrected chi connectivity index (χ3v) is 2.31. The van der Waals surface area contributed by atoms with Gasteiger partial charge in [-0.2, -0.15) is 12.6 Å². The number of halogens is 1. The topological polar surface area (TPSA) is 59.7 Å². The second-order valence-electron chi connectivity index (χ2n) is 2.76. The van der Waals surface area contributed by atoms with E-state index in [1.54, 1.807) is 0 Å². The van der Waals surface area contributed by atoms with Crippen molar-refractivity contribution in [3.63, 3.8) is 0 Å². The number of hydrogen-bond donors (Lipinski definition) is 3. The predicted molar refractivity (Wildman–Crippen MR) is 58.9 cm³/mol. The lowest BCUT2D eigenvalue weighted by molar-refractivity contribution is 0.309. The molecule has 1 aliphatic heterocycles. The van der Waals surface area contributed by atoms with Gasteiger partial charge in [0, 0.05) is 31.7 Å². The molecule has 2 N–H and O–H groups in total. The molecule has 6 heteroatoms. The lowest BCUT2D eigenvalue weighted by Crippen LogP contribution is -2.38. The highest BCUT2D eigenvalue weighted by atomic mass is 35.5. The fourth-order valence-electron chi connectivity index (χ4n) is 1.23. The summed E-state index contributed by atoms with van der Waals surface area (Å²) in [4.78, 5) is 1.96. The maximum atomic E-state index is 8.47. The highest BCUT2D eigenvalue weighted by Gasteiger charge is 2.16.